The molecule has 1 N–H and O–H groups in total. The molecular weight excluding hydrogens is 152 g/mol. The van der Waals surface area contributed by atoms with Crippen LogP contribution in [0.15, 0.2) is 36.6 Å². The highest BCUT2D eigenvalue weighted by Crippen LogP contribution is 2.38. The maximum Gasteiger partial charge on any atom is 0.130 e. The Balaban J connectivity index is 2.47. The number of ether oxygens (including phenoxy) is 1. The van der Waals surface area contributed by atoms with Crippen LogP contribution in [-0.2, 0) is 0 Å². The Kier molecular flexibility index (Phi) is 1.62. The monoisotopic (exact) mass is 162 g/mol. The van der Waals surface area contributed by atoms with Gasteiger partial charge in [-0.3, -0.25) is 0 Å². The van der Waals surface area contributed by atoms with Crippen molar-refractivity contribution in [3.05, 3.63) is 42.2 Å². The Labute approximate surface area is 71.1 Å². The average molecular weight is 162 g/mol. The molecule has 1 aromatic carbocycles. The molecule has 1 aliphatic rings. The van der Waals surface area contributed by atoms with Crippen LogP contribution in [0.2, 0.25) is 0 Å². The van der Waals surface area contributed by atoms with E-state index in [2.05, 4.69) is 6.58 Å². The number of fused-ring (bicyclic) bond motifs is 1. The van der Waals surface area contributed by atoms with Gasteiger partial charge in [0.15, 0.2) is 0 Å². The van der Waals surface area contributed by atoms with Crippen molar-refractivity contribution in [2.75, 3.05) is 6.61 Å². The maximum atomic E-state index is 9.04. The molecule has 12 heavy (non-hydrogen) atoms. The molecule has 1 aliphatic heterocycles. The molecule has 0 spiro atoms. The smallest absolute Gasteiger partial charge is 0.130 e. The van der Waals surface area contributed by atoms with Gasteiger partial charge >= 0.3 is 0 Å². The molecule has 0 aliphatic carbocycles. The average Bonchev–Trinajstić information content (AvgIpc) is 2.40. The second kappa shape index (κ2) is 2.64. The lowest BCUT2D eigenvalue weighted by molar-refractivity contribution is 0.266. The van der Waals surface area contributed by atoms with Gasteiger partial charge < -0.3 is 9.84 Å². The van der Waals surface area contributed by atoms with Crippen LogP contribution in [0.1, 0.15) is 11.5 Å². The Bertz CT molecular complexity index is 317. The number of hydrogen-bond donors (Lipinski definition) is 1. The molecule has 0 saturated heterocycles. The van der Waals surface area contributed by atoms with Crippen LogP contribution in [0.25, 0.3) is 0 Å². The zero-order valence-corrected chi connectivity index (χ0v) is 6.66. The molecule has 2 nitrogen and oxygen atoms in total. The summed E-state index contributed by atoms with van der Waals surface area (Å²) >= 11 is 0. The maximum absolute atomic E-state index is 9.04. The fourth-order valence-corrected chi connectivity index (χ4v) is 1.45. The quantitative estimate of drug-likeness (QED) is 0.680. The van der Waals surface area contributed by atoms with E-state index in [4.69, 9.17) is 9.84 Å². The van der Waals surface area contributed by atoms with E-state index in [1.807, 2.05) is 24.3 Å². The van der Waals surface area contributed by atoms with Crippen LogP contribution in [0.5, 0.6) is 5.75 Å². The van der Waals surface area contributed by atoms with Crippen LogP contribution < -0.4 is 4.74 Å². The molecule has 0 amide bonds. The van der Waals surface area contributed by atoms with Crippen LogP contribution in [0.4, 0.5) is 0 Å². The normalized spacial score (nSPS) is 20.4. The van der Waals surface area contributed by atoms with Gasteiger partial charge in [0.25, 0.3) is 0 Å². The molecule has 2 rings (SSSR count). The van der Waals surface area contributed by atoms with Crippen molar-refractivity contribution >= 4 is 0 Å². The number of para-hydroxylation sites is 1. The highest BCUT2D eigenvalue weighted by atomic mass is 16.5. The van der Waals surface area contributed by atoms with Crippen molar-refractivity contribution in [1.82, 2.24) is 0 Å². The molecule has 0 fully saturated rings. The van der Waals surface area contributed by atoms with E-state index in [1.165, 1.54) is 0 Å². The number of benzene rings is 1. The van der Waals surface area contributed by atoms with Gasteiger partial charge in [-0.2, -0.15) is 0 Å². The van der Waals surface area contributed by atoms with Crippen LogP contribution in [-0.4, -0.2) is 11.7 Å². The fraction of sp³-hybridized carbons (Fsp3) is 0.200. The van der Waals surface area contributed by atoms with E-state index in [0.29, 0.717) is 5.76 Å². The minimum atomic E-state index is -0.0406. The first-order chi connectivity index (χ1) is 5.83. The molecular formula is C10H10O2. The van der Waals surface area contributed by atoms with Gasteiger partial charge in [-0.05, 0) is 6.07 Å². The number of hydrogen-bond acceptors (Lipinski definition) is 2. The third-order valence-electron chi connectivity index (χ3n) is 2.11. The van der Waals surface area contributed by atoms with E-state index in [9.17, 15) is 0 Å². The van der Waals surface area contributed by atoms with Crippen LogP contribution >= 0.6 is 0 Å². The highest BCUT2D eigenvalue weighted by Gasteiger charge is 2.26. The summed E-state index contributed by atoms with van der Waals surface area (Å²) < 4.78 is 5.36. The first-order valence-corrected chi connectivity index (χ1v) is 3.89. The predicted octanol–water partition coefficient (Wildman–Crippen LogP) is 1.67. The largest absolute Gasteiger partial charge is 0.461 e. The van der Waals surface area contributed by atoms with E-state index in [1.54, 1.807) is 0 Å². The summed E-state index contributed by atoms with van der Waals surface area (Å²) in [6.07, 6.45) is 0. The molecule has 62 valence electrons. The van der Waals surface area contributed by atoms with Crippen molar-refractivity contribution in [2.24, 2.45) is 0 Å². The lowest BCUT2D eigenvalue weighted by Gasteiger charge is -2.03. The summed E-state index contributed by atoms with van der Waals surface area (Å²) in [4.78, 5) is 0. The minimum absolute atomic E-state index is 0.0406. The summed E-state index contributed by atoms with van der Waals surface area (Å²) in [5.74, 6) is 1.42. The molecule has 1 heterocycles. The lowest BCUT2D eigenvalue weighted by atomic mass is 10.0. The van der Waals surface area contributed by atoms with Crippen LogP contribution in [0, 0.1) is 0 Å². The van der Waals surface area contributed by atoms with E-state index < -0.39 is 0 Å². The van der Waals surface area contributed by atoms with E-state index in [-0.39, 0.29) is 12.5 Å². The number of aliphatic hydroxyl groups is 1. The molecule has 0 aromatic heterocycles. The van der Waals surface area contributed by atoms with E-state index >= 15 is 0 Å². The summed E-state index contributed by atoms with van der Waals surface area (Å²) in [7, 11) is 0. The molecule has 0 saturated carbocycles. The second-order valence-corrected chi connectivity index (χ2v) is 2.84. The molecule has 1 unspecified atom stereocenters. The fourth-order valence-electron chi connectivity index (χ4n) is 1.45. The predicted molar refractivity (Wildman–Crippen MR) is 46.0 cm³/mol. The molecule has 1 aromatic rings. The third-order valence-corrected chi connectivity index (χ3v) is 2.11. The van der Waals surface area contributed by atoms with Crippen molar-refractivity contribution in [1.29, 1.82) is 0 Å². The summed E-state index contributed by atoms with van der Waals surface area (Å²) in [6.45, 7) is 3.80. The SMILES string of the molecule is C=C1Oc2ccccc2C1CO. The molecule has 2 heteroatoms. The first-order valence-electron chi connectivity index (χ1n) is 3.89. The Morgan fingerprint density at radius 1 is 1.42 bits per heavy atom. The summed E-state index contributed by atoms with van der Waals surface area (Å²) in [5, 5.41) is 9.04. The van der Waals surface area contributed by atoms with Crippen LogP contribution in [0.3, 0.4) is 0 Å². The zero-order chi connectivity index (χ0) is 8.55. The van der Waals surface area contributed by atoms with Gasteiger partial charge in [0.1, 0.15) is 11.5 Å². The van der Waals surface area contributed by atoms with Gasteiger partial charge in [-0.15, -0.1) is 0 Å². The molecule has 1 atom stereocenters. The van der Waals surface area contributed by atoms with Crippen molar-refractivity contribution in [3.63, 3.8) is 0 Å². The van der Waals surface area contributed by atoms with Crippen molar-refractivity contribution in [2.45, 2.75) is 5.92 Å². The highest BCUT2D eigenvalue weighted by molar-refractivity contribution is 5.45. The lowest BCUT2D eigenvalue weighted by Crippen LogP contribution is -2.01. The topological polar surface area (TPSA) is 29.5 Å². The van der Waals surface area contributed by atoms with E-state index in [0.717, 1.165) is 11.3 Å². The van der Waals surface area contributed by atoms with Gasteiger partial charge in [-0.1, -0.05) is 24.8 Å². The number of rotatable bonds is 1. The zero-order valence-electron chi connectivity index (χ0n) is 6.66. The van der Waals surface area contributed by atoms with Gasteiger partial charge in [0, 0.05) is 5.56 Å². The molecule has 0 bridgehead atoms. The standard InChI is InChI=1S/C10H10O2/c1-7-9(6-11)8-4-2-3-5-10(8)12-7/h2-5,9,11H,1,6H2. The molecule has 0 radical (unpaired) electrons. The summed E-state index contributed by atoms with van der Waals surface area (Å²) in [5.41, 5.74) is 1.03. The first kappa shape index (κ1) is 7.37. The van der Waals surface area contributed by atoms with Gasteiger partial charge in [0.05, 0.1) is 12.5 Å². The Morgan fingerprint density at radius 2 is 2.17 bits per heavy atom. The van der Waals surface area contributed by atoms with Gasteiger partial charge in [0.2, 0.25) is 0 Å². The number of aliphatic hydroxyl groups excluding tert-OH is 1. The summed E-state index contributed by atoms with van der Waals surface area (Å²) in [6, 6.07) is 7.68. The van der Waals surface area contributed by atoms with Gasteiger partial charge in [-0.25, -0.2) is 0 Å². The third kappa shape index (κ3) is 0.924. The van der Waals surface area contributed by atoms with Crippen molar-refractivity contribution in [3.8, 4) is 5.75 Å². The minimum Gasteiger partial charge on any atom is -0.461 e. The Morgan fingerprint density at radius 3 is 2.92 bits per heavy atom. The van der Waals surface area contributed by atoms with Crippen molar-refractivity contribution < 1.29 is 9.84 Å². The Hall–Kier alpha value is -1.28. The second-order valence-electron chi connectivity index (χ2n) is 2.84.